The molecule has 2 aromatic heterocycles. The molecule has 5 rings (SSSR count). The maximum absolute atomic E-state index is 13.3. The first-order valence-corrected chi connectivity index (χ1v) is 10.4. The Hall–Kier alpha value is -2.66. The van der Waals surface area contributed by atoms with Gasteiger partial charge in [0.1, 0.15) is 18.5 Å². The number of piperidine rings is 1. The van der Waals surface area contributed by atoms with Crippen molar-refractivity contribution in [2.75, 3.05) is 26.2 Å². The van der Waals surface area contributed by atoms with Gasteiger partial charge in [-0.25, -0.2) is 4.39 Å². The molecule has 0 N–H and O–H groups in total. The van der Waals surface area contributed by atoms with Gasteiger partial charge < -0.3 is 9.30 Å². The molecule has 150 valence electrons. The van der Waals surface area contributed by atoms with Crippen molar-refractivity contribution in [2.45, 2.75) is 25.9 Å². The van der Waals surface area contributed by atoms with Gasteiger partial charge in [-0.1, -0.05) is 0 Å². The average molecular weight is 391 g/mol. The van der Waals surface area contributed by atoms with Crippen molar-refractivity contribution < 1.29 is 9.13 Å². The highest BCUT2D eigenvalue weighted by Gasteiger charge is 2.18. The molecule has 1 saturated heterocycles. The number of hydrogen-bond acceptors (Lipinski definition) is 3. The molecule has 29 heavy (non-hydrogen) atoms. The molecule has 0 aliphatic carbocycles. The predicted molar refractivity (Wildman–Crippen MR) is 117 cm³/mol. The molecule has 1 fully saturated rings. The number of halogens is 1. The van der Waals surface area contributed by atoms with Gasteiger partial charge in [0.2, 0.25) is 0 Å². The van der Waals surface area contributed by atoms with Crippen molar-refractivity contribution in [3.8, 4) is 5.75 Å². The highest BCUT2D eigenvalue weighted by molar-refractivity contribution is 6.14. The molecule has 0 radical (unpaired) electrons. The van der Waals surface area contributed by atoms with Crippen LogP contribution in [-0.2, 0) is 7.05 Å². The minimum absolute atomic E-state index is 0.624. The summed E-state index contributed by atoms with van der Waals surface area (Å²) >= 11 is 0. The quantitative estimate of drug-likeness (QED) is 0.490. The van der Waals surface area contributed by atoms with Crippen LogP contribution in [0.5, 0.6) is 5.75 Å². The first-order valence-electron chi connectivity index (χ1n) is 10.4. The lowest BCUT2D eigenvalue weighted by Gasteiger charge is -2.28. The van der Waals surface area contributed by atoms with E-state index in [0.717, 1.165) is 30.8 Å². The molecule has 0 saturated carbocycles. The molecule has 1 aliphatic heterocycles. The Morgan fingerprint density at radius 2 is 1.93 bits per heavy atom. The normalized spacial score (nSPS) is 16.2. The Kier molecular flexibility index (Phi) is 4.63. The molecule has 0 amide bonds. The molecule has 4 aromatic rings. The SMILES string of the molecule is Cc1c2ccncc2cc2c3cc(OCCN4CCC(F)CC4)ccc3n(C)c12. The van der Waals surface area contributed by atoms with Gasteiger partial charge in [-0.3, -0.25) is 9.88 Å². The van der Waals surface area contributed by atoms with E-state index in [1.165, 1.54) is 32.8 Å². The number of hydrogen-bond donors (Lipinski definition) is 0. The summed E-state index contributed by atoms with van der Waals surface area (Å²) in [6.07, 6.45) is 4.44. The number of aryl methyl sites for hydroxylation is 2. The molecular weight excluding hydrogens is 365 g/mol. The molecule has 0 spiro atoms. The van der Waals surface area contributed by atoms with Crippen LogP contribution in [-0.4, -0.2) is 46.9 Å². The predicted octanol–water partition coefficient (Wildman–Crippen LogP) is 5.00. The topological polar surface area (TPSA) is 30.3 Å². The van der Waals surface area contributed by atoms with E-state index in [9.17, 15) is 4.39 Å². The zero-order valence-electron chi connectivity index (χ0n) is 17.0. The van der Waals surface area contributed by atoms with Crippen LogP contribution in [0.25, 0.3) is 32.6 Å². The molecule has 2 aromatic carbocycles. The van der Waals surface area contributed by atoms with E-state index in [0.29, 0.717) is 19.4 Å². The Morgan fingerprint density at radius 1 is 1.10 bits per heavy atom. The third kappa shape index (κ3) is 3.23. The number of alkyl halides is 1. The number of pyridine rings is 1. The van der Waals surface area contributed by atoms with Gasteiger partial charge in [-0.15, -0.1) is 0 Å². The lowest BCUT2D eigenvalue weighted by atomic mass is 10.0. The first-order chi connectivity index (χ1) is 14.1. The van der Waals surface area contributed by atoms with E-state index in [1.807, 2.05) is 18.5 Å². The highest BCUT2D eigenvalue weighted by atomic mass is 19.1. The fraction of sp³-hybridized carbons (Fsp3) is 0.375. The van der Waals surface area contributed by atoms with Crippen LogP contribution in [0.4, 0.5) is 4.39 Å². The summed E-state index contributed by atoms with van der Waals surface area (Å²) in [6, 6.07) is 10.7. The summed E-state index contributed by atoms with van der Waals surface area (Å²) in [4.78, 5) is 6.58. The minimum Gasteiger partial charge on any atom is -0.492 e. The standard InChI is InChI=1S/C24H26FN3O/c1-16-20-5-8-26-15-17(20)13-22-21-14-19(3-4-23(21)27(2)24(16)22)29-12-11-28-9-6-18(25)7-10-28/h3-5,8,13-15,18H,6-7,9-12H2,1-2H3. The summed E-state index contributed by atoms with van der Waals surface area (Å²) in [7, 11) is 2.12. The van der Waals surface area contributed by atoms with Gasteiger partial charge in [0.05, 0.1) is 5.52 Å². The molecule has 0 bridgehead atoms. The number of likely N-dealkylation sites (tertiary alicyclic amines) is 1. The van der Waals surface area contributed by atoms with Crippen LogP contribution in [0, 0.1) is 6.92 Å². The van der Waals surface area contributed by atoms with Gasteiger partial charge in [-0.2, -0.15) is 0 Å². The summed E-state index contributed by atoms with van der Waals surface area (Å²) in [5, 5.41) is 4.84. The van der Waals surface area contributed by atoms with Crippen molar-refractivity contribution in [1.29, 1.82) is 0 Å². The van der Waals surface area contributed by atoms with Crippen LogP contribution in [0.15, 0.2) is 42.7 Å². The molecular formula is C24H26FN3O. The minimum atomic E-state index is -0.629. The zero-order valence-corrected chi connectivity index (χ0v) is 17.0. The lowest BCUT2D eigenvalue weighted by molar-refractivity contribution is 0.132. The smallest absolute Gasteiger partial charge is 0.120 e. The third-order valence-corrected chi connectivity index (χ3v) is 6.31. The zero-order chi connectivity index (χ0) is 20.0. The number of aromatic nitrogens is 2. The Labute approximate surface area is 169 Å². The second kappa shape index (κ2) is 7.30. The van der Waals surface area contributed by atoms with Crippen LogP contribution in [0.2, 0.25) is 0 Å². The summed E-state index contributed by atoms with van der Waals surface area (Å²) in [5.74, 6) is 0.884. The third-order valence-electron chi connectivity index (χ3n) is 6.31. The number of rotatable bonds is 4. The van der Waals surface area contributed by atoms with Crippen molar-refractivity contribution in [3.63, 3.8) is 0 Å². The largest absolute Gasteiger partial charge is 0.492 e. The molecule has 0 unspecified atom stereocenters. The Morgan fingerprint density at radius 3 is 2.76 bits per heavy atom. The van der Waals surface area contributed by atoms with E-state index in [1.54, 1.807) is 0 Å². The molecule has 4 nitrogen and oxygen atoms in total. The maximum Gasteiger partial charge on any atom is 0.120 e. The van der Waals surface area contributed by atoms with Crippen molar-refractivity contribution in [2.24, 2.45) is 7.05 Å². The molecule has 0 atom stereocenters. The fourth-order valence-electron chi connectivity index (χ4n) is 4.71. The summed E-state index contributed by atoms with van der Waals surface area (Å²) < 4.78 is 21.6. The number of benzene rings is 2. The lowest BCUT2D eigenvalue weighted by Crippen LogP contribution is -2.37. The molecule has 1 aliphatic rings. The van der Waals surface area contributed by atoms with Gasteiger partial charge in [0.25, 0.3) is 0 Å². The maximum atomic E-state index is 13.3. The van der Waals surface area contributed by atoms with Crippen molar-refractivity contribution >= 4 is 32.6 Å². The second-order valence-corrected chi connectivity index (χ2v) is 8.10. The number of ether oxygens (including phenoxy) is 1. The van der Waals surface area contributed by atoms with Crippen LogP contribution < -0.4 is 4.74 Å². The van der Waals surface area contributed by atoms with E-state index in [4.69, 9.17) is 4.74 Å². The van der Waals surface area contributed by atoms with Gasteiger partial charge in [0, 0.05) is 60.8 Å². The van der Waals surface area contributed by atoms with Crippen LogP contribution >= 0.6 is 0 Å². The van der Waals surface area contributed by atoms with Gasteiger partial charge in [0.15, 0.2) is 0 Å². The Balaban J connectivity index is 1.45. The summed E-state index contributed by atoms with van der Waals surface area (Å²) in [5.41, 5.74) is 3.73. The van der Waals surface area contributed by atoms with Gasteiger partial charge >= 0.3 is 0 Å². The van der Waals surface area contributed by atoms with E-state index in [2.05, 4.69) is 52.7 Å². The summed E-state index contributed by atoms with van der Waals surface area (Å²) in [6.45, 7) is 5.30. The number of fused-ring (bicyclic) bond motifs is 4. The first kappa shape index (κ1) is 18.4. The number of nitrogens with zero attached hydrogens (tertiary/aromatic N) is 3. The van der Waals surface area contributed by atoms with Crippen LogP contribution in [0.1, 0.15) is 18.4 Å². The fourth-order valence-corrected chi connectivity index (χ4v) is 4.71. The van der Waals surface area contributed by atoms with E-state index < -0.39 is 6.17 Å². The molecule has 5 heteroatoms. The monoisotopic (exact) mass is 391 g/mol. The second-order valence-electron chi connectivity index (χ2n) is 8.10. The van der Waals surface area contributed by atoms with E-state index in [-0.39, 0.29) is 0 Å². The van der Waals surface area contributed by atoms with Gasteiger partial charge in [-0.05, 0) is 61.0 Å². The average Bonchev–Trinajstić information content (AvgIpc) is 3.01. The van der Waals surface area contributed by atoms with Crippen LogP contribution in [0.3, 0.4) is 0 Å². The molecule has 3 heterocycles. The Bertz CT molecular complexity index is 1190. The van der Waals surface area contributed by atoms with E-state index >= 15 is 0 Å². The van der Waals surface area contributed by atoms with Crippen molar-refractivity contribution in [1.82, 2.24) is 14.5 Å². The highest BCUT2D eigenvalue weighted by Crippen LogP contribution is 2.36. The van der Waals surface area contributed by atoms with Crippen molar-refractivity contribution in [3.05, 3.63) is 48.3 Å².